The molecular formula is C14H19F2NO2. The molecule has 0 radical (unpaired) electrons. The molecule has 3 fully saturated rings. The van der Waals surface area contributed by atoms with Gasteiger partial charge in [0.25, 0.3) is 5.92 Å². The second kappa shape index (κ2) is 4.13. The van der Waals surface area contributed by atoms with Gasteiger partial charge in [-0.25, -0.2) is 8.78 Å². The molecule has 0 bridgehead atoms. The Kier molecular flexibility index (Phi) is 2.88. The molecule has 0 amide bonds. The van der Waals surface area contributed by atoms with Crippen LogP contribution in [0.4, 0.5) is 8.78 Å². The first-order valence-corrected chi connectivity index (χ1v) is 6.94. The summed E-state index contributed by atoms with van der Waals surface area (Å²) in [5.74, 6) is -3.27. The summed E-state index contributed by atoms with van der Waals surface area (Å²) in [6, 6.07) is 2.40. The minimum Gasteiger partial charge on any atom is -0.381 e. The zero-order valence-electron chi connectivity index (χ0n) is 11.1. The molecule has 106 valence electrons. The van der Waals surface area contributed by atoms with Gasteiger partial charge < -0.3 is 9.47 Å². The van der Waals surface area contributed by atoms with Crippen molar-refractivity contribution < 1.29 is 18.3 Å². The molecule has 2 unspecified atom stereocenters. The zero-order chi connectivity index (χ0) is 13.7. The molecule has 5 heteroatoms. The van der Waals surface area contributed by atoms with Crippen LogP contribution in [0.3, 0.4) is 0 Å². The van der Waals surface area contributed by atoms with Crippen molar-refractivity contribution in [3.05, 3.63) is 0 Å². The van der Waals surface area contributed by atoms with Gasteiger partial charge in [-0.2, -0.15) is 5.26 Å². The number of nitriles is 1. The fourth-order valence-corrected chi connectivity index (χ4v) is 3.67. The predicted octanol–water partition coefficient (Wildman–Crippen LogP) is 2.76. The molecule has 19 heavy (non-hydrogen) atoms. The van der Waals surface area contributed by atoms with Crippen LogP contribution >= 0.6 is 0 Å². The van der Waals surface area contributed by atoms with Gasteiger partial charge in [-0.15, -0.1) is 0 Å². The third-order valence-corrected chi connectivity index (χ3v) is 5.24. The summed E-state index contributed by atoms with van der Waals surface area (Å²) in [5, 5.41) is 9.41. The van der Waals surface area contributed by atoms with Crippen LogP contribution in [0.15, 0.2) is 0 Å². The van der Waals surface area contributed by atoms with E-state index in [0.29, 0.717) is 45.5 Å². The van der Waals surface area contributed by atoms with Crippen molar-refractivity contribution in [3.8, 4) is 6.07 Å². The molecular weight excluding hydrogens is 252 g/mol. The van der Waals surface area contributed by atoms with Crippen LogP contribution in [0.2, 0.25) is 0 Å². The van der Waals surface area contributed by atoms with Crippen molar-refractivity contribution >= 4 is 0 Å². The van der Waals surface area contributed by atoms with E-state index in [0.717, 1.165) is 0 Å². The predicted molar refractivity (Wildman–Crippen MR) is 63.6 cm³/mol. The lowest BCUT2D eigenvalue weighted by atomic mass is 9.73. The van der Waals surface area contributed by atoms with Gasteiger partial charge in [-0.3, -0.25) is 0 Å². The van der Waals surface area contributed by atoms with Gasteiger partial charge in [0.15, 0.2) is 0 Å². The van der Waals surface area contributed by atoms with Crippen LogP contribution in [0, 0.1) is 28.6 Å². The minimum absolute atomic E-state index is 0.0733. The van der Waals surface area contributed by atoms with Gasteiger partial charge in [0.05, 0.1) is 24.0 Å². The van der Waals surface area contributed by atoms with Gasteiger partial charge in [-0.05, 0) is 38.5 Å². The minimum atomic E-state index is -2.68. The Balaban J connectivity index is 1.64. The maximum atomic E-state index is 13.6. The lowest BCUT2D eigenvalue weighted by Crippen LogP contribution is -2.34. The van der Waals surface area contributed by atoms with E-state index in [4.69, 9.17) is 9.47 Å². The van der Waals surface area contributed by atoms with Gasteiger partial charge in [0.1, 0.15) is 5.60 Å². The fraction of sp³-hybridized carbons (Fsp3) is 0.929. The topological polar surface area (TPSA) is 42.2 Å². The first-order valence-electron chi connectivity index (χ1n) is 6.94. The van der Waals surface area contributed by atoms with Crippen molar-refractivity contribution in [1.82, 2.24) is 0 Å². The molecule has 1 saturated carbocycles. The Morgan fingerprint density at radius 2 is 2.00 bits per heavy atom. The Morgan fingerprint density at radius 1 is 1.32 bits per heavy atom. The van der Waals surface area contributed by atoms with E-state index in [1.807, 2.05) is 0 Å². The molecule has 0 N–H and O–H groups in total. The second-order valence-electron chi connectivity index (χ2n) is 6.40. The zero-order valence-corrected chi connectivity index (χ0v) is 11.1. The van der Waals surface area contributed by atoms with Crippen LogP contribution in [0.5, 0.6) is 0 Å². The average molecular weight is 271 g/mol. The summed E-state index contributed by atoms with van der Waals surface area (Å²) in [7, 11) is 0. The summed E-state index contributed by atoms with van der Waals surface area (Å²) in [4.78, 5) is 0. The highest BCUT2D eigenvalue weighted by atomic mass is 19.3. The Labute approximate surface area is 111 Å². The van der Waals surface area contributed by atoms with Crippen molar-refractivity contribution in [1.29, 1.82) is 5.26 Å². The summed E-state index contributed by atoms with van der Waals surface area (Å²) in [5.41, 5.74) is -1.64. The van der Waals surface area contributed by atoms with Crippen molar-refractivity contribution in [2.45, 2.75) is 44.1 Å². The van der Waals surface area contributed by atoms with Crippen molar-refractivity contribution in [2.75, 3.05) is 19.8 Å². The molecule has 2 saturated heterocycles. The highest BCUT2D eigenvalue weighted by molar-refractivity contribution is 5.21. The van der Waals surface area contributed by atoms with E-state index in [1.165, 1.54) is 6.92 Å². The quantitative estimate of drug-likeness (QED) is 0.775. The molecule has 2 heterocycles. The number of rotatable bonds is 2. The number of fused-ring (bicyclic) bond motifs is 1. The summed E-state index contributed by atoms with van der Waals surface area (Å²) in [6.45, 7) is 3.05. The number of hydrogen-bond acceptors (Lipinski definition) is 3. The fourth-order valence-electron chi connectivity index (χ4n) is 3.67. The van der Waals surface area contributed by atoms with E-state index in [1.54, 1.807) is 0 Å². The maximum absolute atomic E-state index is 13.6. The molecule has 0 aromatic carbocycles. The molecule has 1 aliphatic carbocycles. The average Bonchev–Trinajstić information content (AvgIpc) is 2.85. The van der Waals surface area contributed by atoms with E-state index in [9.17, 15) is 14.0 Å². The monoisotopic (exact) mass is 271 g/mol. The normalized spacial score (nSPS) is 43.1. The smallest absolute Gasteiger partial charge is 0.282 e. The van der Waals surface area contributed by atoms with Crippen molar-refractivity contribution in [3.63, 3.8) is 0 Å². The lowest BCUT2D eigenvalue weighted by molar-refractivity contribution is -0.0710. The standard InChI is InChI=1S/C14H19F2NO2/c1-12-11(14(12,15)16)6-10(8-19-12)7-13(9-17)2-4-18-5-3-13/h10-11H,2-8H2,1H3/t10?,11?,12-/m1/s1. The molecule has 3 rings (SSSR count). The maximum Gasteiger partial charge on any atom is 0.282 e. The highest BCUT2D eigenvalue weighted by Gasteiger charge is 2.80. The summed E-state index contributed by atoms with van der Waals surface area (Å²) < 4.78 is 37.9. The highest BCUT2D eigenvalue weighted by Crippen LogP contribution is 2.66. The van der Waals surface area contributed by atoms with Crippen LogP contribution in [0.1, 0.15) is 32.6 Å². The largest absolute Gasteiger partial charge is 0.381 e. The summed E-state index contributed by atoms with van der Waals surface area (Å²) >= 11 is 0. The Bertz CT molecular complexity index is 414. The first-order chi connectivity index (χ1) is 8.94. The molecule has 0 aromatic heterocycles. The van der Waals surface area contributed by atoms with Gasteiger partial charge in [0.2, 0.25) is 0 Å². The third-order valence-electron chi connectivity index (χ3n) is 5.24. The van der Waals surface area contributed by atoms with Crippen molar-refractivity contribution in [2.24, 2.45) is 17.3 Å². The van der Waals surface area contributed by atoms with Gasteiger partial charge in [0, 0.05) is 13.2 Å². The molecule has 0 aromatic rings. The first kappa shape index (κ1) is 13.3. The van der Waals surface area contributed by atoms with E-state index in [2.05, 4.69) is 6.07 Å². The second-order valence-corrected chi connectivity index (χ2v) is 6.40. The Hall–Kier alpha value is -0.730. The number of halogens is 2. The van der Waals surface area contributed by atoms with Crippen LogP contribution in [-0.4, -0.2) is 31.3 Å². The van der Waals surface area contributed by atoms with Crippen LogP contribution in [-0.2, 0) is 9.47 Å². The van der Waals surface area contributed by atoms with E-state index in [-0.39, 0.29) is 5.92 Å². The molecule has 3 aliphatic rings. The molecule has 0 spiro atoms. The van der Waals surface area contributed by atoms with Crippen LogP contribution < -0.4 is 0 Å². The van der Waals surface area contributed by atoms with Crippen LogP contribution in [0.25, 0.3) is 0 Å². The van der Waals surface area contributed by atoms with E-state index < -0.39 is 22.9 Å². The number of hydrogen-bond donors (Lipinski definition) is 0. The number of ether oxygens (including phenoxy) is 2. The Morgan fingerprint density at radius 3 is 2.58 bits per heavy atom. The summed E-state index contributed by atoms with van der Waals surface area (Å²) in [6.07, 6.45) is 2.56. The van der Waals surface area contributed by atoms with Gasteiger partial charge in [-0.1, -0.05) is 0 Å². The molecule has 2 aliphatic heterocycles. The lowest BCUT2D eigenvalue weighted by Gasteiger charge is -2.35. The number of alkyl halides is 2. The van der Waals surface area contributed by atoms with E-state index >= 15 is 0 Å². The SMILES string of the molecule is C[C@@]12OCC(CC3(C#N)CCOCC3)CC1C2(F)F. The van der Waals surface area contributed by atoms with Gasteiger partial charge >= 0.3 is 0 Å². The molecule has 3 atom stereocenters. The molecule has 3 nitrogen and oxygen atoms in total. The third kappa shape index (κ3) is 1.88. The number of nitrogens with zero attached hydrogens (tertiary/aromatic N) is 1.